The van der Waals surface area contributed by atoms with Gasteiger partial charge in [0.1, 0.15) is 0 Å². The molecule has 1 N–H and O–H groups in total. The molecule has 0 bridgehead atoms. The van der Waals surface area contributed by atoms with Gasteiger partial charge in [0.2, 0.25) is 9.84 Å². The molecule has 2 aromatic carbocycles. The van der Waals surface area contributed by atoms with Crippen molar-refractivity contribution in [1.82, 2.24) is 4.98 Å². The fraction of sp³-hybridized carbons (Fsp3) is 0. The maximum Gasteiger partial charge on any atom is 0.336 e. The van der Waals surface area contributed by atoms with Crippen LogP contribution in [-0.4, -0.2) is 24.5 Å². The Morgan fingerprint density at radius 3 is 2.25 bits per heavy atom. The van der Waals surface area contributed by atoms with Crippen molar-refractivity contribution in [1.29, 1.82) is 0 Å². The fourth-order valence-electron chi connectivity index (χ4n) is 2.36. The Bertz CT molecular complexity index is 984. The molecule has 0 aliphatic carbocycles. The van der Waals surface area contributed by atoms with E-state index in [0.717, 1.165) is 0 Å². The van der Waals surface area contributed by atoms with Crippen molar-refractivity contribution in [3.05, 3.63) is 78.5 Å². The number of benzene rings is 2. The minimum Gasteiger partial charge on any atom is -0.478 e. The minimum atomic E-state index is -3.82. The fourth-order valence-corrected chi connectivity index (χ4v) is 3.58. The van der Waals surface area contributed by atoms with E-state index in [1.165, 1.54) is 30.5 Å². The van der Waals surface area contributed by atoms with Crippen LogP contribution < -0.4 is 0 Å². The molecule has 24 heavy (non-hydrogen) atoms. The molecular weight excluding hydrogens is 326 g/mol. The summed E-state index contributed by atoms with van der Waals surface area (Å²) in [4.78, 5) is 15.4. The van der Waals surface area contributed by atoms with Crippen molar-refractivity contribution in [2.45, 2.75) is 9.92 Å². The highest BCUT2D eigenvalue weighted by Gasteiger charge is 2.22. The van der Waals surface area contributed by atoms with Gasteiger partial charge in [0, 0.05) is 6.20 Å². The Kier molecular flexibility index (Phi) is 4.14. The number of carboxylic acid groups (broad SMARTS) is 1. The molecule has 0 radical (unpaired) electrons. The zero-order chi connectivity index (χ0) is 17.2. The Hall–Kier alpha value is -2.99. The van der Waals surface area contributed by atoms with Gasteiger partial charge >= 0.3 is 5.97 Å². The van der Waals surface area contributed by atoms with Gasteiger partial charge in [0.15, 0.2) is 5.03 Å². The summed E-state index contributed by atoms with van der Waals surface area (Å²) >= 11 is 0. The third kappa shape index (κ3) is 2.91. The van der Waals surface area contributed by atoms with Crippen LogP contribution in [0.1, 0.15) is 10.4 Å². The standard InChI is InChI=1S/C18H13NO4S/c20-18(21)15-10-9-14(12-16(15)13-6-2-1-3-7-13)24(22,23)17-8-4-5-11-19-17/h1-12H,(H,20,21). The summed E-state index contributed by atoms with van der Waals surface area (Å²) in [5.74, 6) is -1.12. The second-order valence-corrected chi connectivity index (χ2v) is 6.95. The molecule has 0 aliphatic rings. The molecule has 1 heterocycles. The smallest absolute Gasteiger partial charge is 0.336 e. The number of rotatable bonds is 4. The maximum absolute atomic E-state index is 12.7. The molecule has 0 atom stereocenters. The molecule has 1 aromatic heterocycles. The molecule has 0 amide bonds. The van der Waals surface area contributed by atoms with Gasteiger partial charge in [0.25, 0.3) is 0 Å². The van der Waals surface area contributed by atoms with Crippen LogP contribution in [-0.2, 0) is 9.84 Å². The number of pyridine rings is 1. The Morgan fingerprint density at radius 1 is 0.917 bits per heavy atom. The lowest BCUT2D eigenvalue weighted by Crippen LogP contribution is -2.06. The van der Waals surface area contributed by atoms with Gasteiger partial charge in [-0.1, -0.05) is 36.4 Å². The van der Waals surface area contributed by atoms with Crippen LogP contribution in [0, 0.1) is 0 Å². The van der Waals surface area contributed by atoms with E-state index < -0.39 is 15.8 Å². The maximum atomic E-state index is 12.7. The van der Waals surface area contributed by atoms with E-state index in [9.17, 15) is 18.3 Å². The molecule has 3 rings (SSSR count). The lowest BCUT2D eigenvalue weighted by atomic mass is 10.00. The summed E-state index contributed by atoms with van der Waals surface area (Å²) in [7, 11) is -3.82. The highest BCUT2D eigenvalue weighted by atomic mass is 32.2. The van der Waals surface area contributed by atoms with E-state index in [4.69, 9.17) is 0 Å². The van der Waals surface area contributed by atoms with Crippen LogP contribution in [0.2, 0.25) is 0 Å². The molecule has 120 valence electrons. The first-order chi connectivity index (χ1) is 11.5. The summed E-state index contributed by atoms with van der Waals surface area (Å²) in [6.45, 7) is 0. The van der Waals surface area contributed by atoms with Crippen LogP contribution >= 0.6 is 0 Å². The molecule has 6 heteroatoms. The van der Waals surface area contributed by atoms with Gasteiger partial charge in [0.05, 0.1) is 10.5 Å². The third-order valence-electron chi connectivity index (χ3n) is 3.53. The molecule has 0 saturated carbocycles. The van der Waals surface area contributed by atoms with E-state index in [-0.39, 0.29) is 15.5 Å². The highest BCUT2D eigenvalue weighted by Crippen LogP contribution is 2.29. The summed E-state index contributed by atoms with van der Waals surface area (Å²) in [6.07, 6.45) is 1.40. The average molecular weight is 339 g/mol. The second-order valence-electron chi connectivity index (χ2n) is 5.05. The Balaban J connectivity index is 2.20. The molecule has 5 nitrogen and oxygen atoms in total. The predicted octanol–water partition coefficient (Wildman–Crippen LogP) is 3.28. The van der Waals surface area contributed by atoms with Crippen LogP contribution in [0.5, 0.6) is 0 Å². The van der Waals surface area contributed by atoms with Crippen molar-refractivity contribution in [2.75, 3.05) is 0 Å². The number of nitrogens with zero attached hydrogens (tertiary/aromatic N) is 1. The molecule has 0 fully saturated rings. The van der Waals surface area contributed by atoms with E-state index >= 15 is 0 Å². The molecule has 0 unspecified atom stereocenters. The number of carbonyl (C=O) groups is 1. The summed E-state index contributed by atoms with van der Waals surface area (Å²) in [5.41, 5.74) is 1.02. The highest BCUT2D eigenvalue weighted by molar-refractivity contribution is 7.91. The zero-order valence-corrected chi connectivity index (χ0v) is 13.3. The van der Waals surface area contributed by atoms with Gasteiger partial charge in [-0.3, -0.25) is 0 Å². The number of carboxylic acids is 1. The van der Waals surface area contributed by atoms with Gasteiger partial charge < -0.3 is 5.11 Å². The molecule has 0 spiro atoms. The van der Waals surface area contributed by atoms with Gasteiger partial charge in [-0.2, -0.15) is 0 Å². The first kappa shape index (κ1) is 15.9. The lowest BCUT2D eigenvalue weighted by molar-refractivity contribution is 0.0697. The summed E-state index contributed by atoms with van der Waals surface area (Å²) in [5, 5.41) is 9.30. The average Bonchev–Trinajstić information content (AvgIpc) is 2.62. The van der Waals surface area contributed by atoms with E-state index in [2.05, 4.69) is 4.98 Å². The first-order valence-electron chi connectivity index (χ1n) is 7.09. The minimum absolute atomic E-state index is 0.00468. The molecular formula is C18H13NO4S. The normalized spacial score (nSPS) is 11.2. The van der Waals surface area contributed by atoms with Gasteiger partial charge in [-0.15, -0.1) is 0 Å². The van der Waals surface area contributed by atoms with Crippen molar-refractivity contribution in [2.24, 2.45) is 0 Å². The van der Waals surface area contributed by atoms with E-state index in [0.29, 0.717) is 11.1 Å². The largest absolute Gasteiger partial charge is 0.478 e. The SMILES string of the molecule is O=C(O)c1ccc(S(=O)(=O)c2ccccn2)cc1-c1ccccc1. The monoisotopic (exact) mass is 339 g/mol. The van der Waals surface area contributed by atoms with Crippen molar-refractivity contribution in [3.63, 3.8) is 0 Å². The lowest BCUT2D eigenvalue weighted by Gasteiger charge is -2.10. The number of aromatic nitrogens is 1. The molecule has 0 saturated heterocycles. The predicted molar refractivity (Wildman–Crippen MR) is 88.5 cm³/mol. The van der Waals surface area contributed by atoms with Crippen molar-refractivity contribution < 1.29 is 18.3 Å². The number of hydrogen-bond donors (Lipinski definition) is 1. The van der Waals surface area contributed by atoms with Gasteiger partial charge in [-0.05, 0) is 41.5 Å². The van der Waals surface area contributed by atoms with Crippen molar-refractivity contribution >= 4 is 15.8 Å². The molecule has 3 aromatic rings. The summed E-state index contributed by atoms with van der Waals surface area (Å²) in [6, 6.07) is 17.4. The Labute approximate surface area is 139 Å². The summed E-state index contributed by atoms with van der Waals surface area (Å²) < 4.78 is 25.4. The third-order valence-corrected chi connectivity index (χ3v) is 5.20. The Morgan fingerprint density at radius 2 is 1.62 bits per heavy atom. The van der Waals surface area contributed by atoms with E-state index in [1.54, 1.807) is 42.5 Å². The van der Waals surface area contributed by atoms with Gasteiger partial charge in [-0.25, -0.2) is 18.2 Å². The quantitative estimate of drug-likeness (QED) is 0.788. The first-order valence-corrected chi connectivity index (χ1v) is 8.57. The number of sulfone groups is 1. The molecule has 0 aliphatic heterocycles. The van der Waals surface area contributed by atoms with Crippen LogP contribution in [0.4, 0.5) is 0 Å². The number of hydrogen-bond acceptors (Lipinski definition) is 4. The topological polar surface area (TPSA) is 84.3 Å². The van der Waals surface area contributed by atoms with Crippen molar-refractivity contribution in [3.8, 4) is 11.1 Å². The number of aromatic carboxylic acids is 1. The second kappa shape index (κ2) is 6.25. The zero-order valence-electron chi connectivity index (χ0n) is 12.5. The van der Waals surface area contributed by atoms with Crippen LogP contribution in [0.25, 0.3) is 11.1 Å². The van der Waals surface area contributed by atoms with E-state index in [1.807, 2.05) is 0 Å². The van der Waals surface area contributed by atoms with Crippen LogP contribution in [0.3, 0.4) is 0 Å². The van der Waals surface area contributed by atoms with Crippen LogP contribution in [0.15, 0.2) is 82.8 Å².